The third-order valence-corrected chi connectivity index (χ3v) is 5.02. The number of hydrogen-bond acceptors (Lipinski definition) is 3. The molecule has 0 radical (unpaired) electrons. The molecule has 1 aromatic rings. The summed E-state index contributed by atoms with van der Waals surface area (Å²) >= 11 is 0. The predicted octanol–water partition coefficient (Wildman–Crippen LogP) is 2.58. The van der Waals surface area contributed by atoms with E-state index in [1.165, 1.54) is 0 Å². The van der Waals surface area contributed by atoms with Crippen LogP contribution in [0.15, 0.2) is 24.3 Å². The van der Waals surface area contributed by atoms with Crippen LogP contribution in [0, 0.1) is 11.8 Å². The van der Waals surface area contributed by atoms with E-state index in [9.17, 15) is 9.59 Å². The number of nitrogens with one attached hydrogen (secondary N) is 1. The van der Waals surface area contributed by atoms with E-state index in [2.05, 4.69) is 5.32 Å². The van der Waals surface area contributed by atoms with Gasteiger partial charge in [-0.25, -0.2) is 0 Å². The molecule has 0 spiro atoms. The van der Waals surface area contributed by atoms with E-state index in [1.807, 2.05) is 38.1 Å². The molecule has 2 rings (SSSR count). The van der Waals surface area contributed by atoms with Gasteiger partial charge in [-0.1, -0.05) is 18.6 Å². The smallest absolute Gasteiger partial charge is 0.253 e. The number of amides is 2. The molecule has 1 fully saturated rings. The fraction of sp³-hybridized carbons (Fsp3) is 0.579. The predicted molar refractivity (Wildman–Crippen MR) is 103 cm³/mol. The monoisotopic (exact) mass is 367 g/mol. The average molecular weight is 368 g/mol. The second-order valence-electron chi connectivity index (χ2n) is 6.43. The Balaban J connectivity index is 0.00000312. The van der Waals surface area contributed by atoms with Crippen LogP contribution in [0.1, 0.15) is 49.0 Å². The molecule has 5 nitrogen and oxygen atoms in total. The molecule has 0 heterocycles. The van der Waals surface area contributed by atoms with E-state index in [0.29, 0.717) is 37.7 Å². The van der Waals surface area contributed by atoms with Crippen LogP contribution in [0.2, 0.25) is 0 Å². The Hall–Kier alpha value is -1.59. The van der Waals surface area contributed by atoms with Crippen molar-refractivity contribution in [3.05, 3.63) is 35.4 Å². The zero-order chi connectivity index (χ0) is 17.5. The summed E-state index contributed by atoms with van der Waals surface area (Å²) in [4.78, 5) is 26.4. The molecule has 1 aliphatic carbocycles. The number of hydrogen-bond donors (Lipinski definition) is 2. The van der Waals surface area contributed by atoms with Gasteiger partial charge in [0.25, 0.3) is 5.91 Å². The largest absolute Gasteiger partial charge is 0.352 e. The highest BCUT2D eigenvalue weighted by molar-refractivity contribution is 5.94. The molecule has 1 aromatic carbocycles. The molecular weight excluding hydrogens is 338 g/mol. The highest BCUT2D eigenvalue weighted by atomic mass is 35.5. The molecule has 1 saturated carbocycles. The standard InChI is InChI=1S/C19H29N3O2.ClH/c1-3-22(4-2)19(24)15-10-8-14(9-11-15)13-21-18(23)17-7-5-6-16(17)12-20;/h8-11,16-17H,3-7,12-13,20H2,1-2H3,(H,21,23);1H/t16-,17-;/m1./s1. The lowest BCUT2D eigenvalue weighted by Crippen LogP contribution is -2.34. The van der Waals surface area contributed by atoms with Crippen molar-refractivity contribution < 1.29 is 9.59 Å². The molecule has 0 aromatic heterocycles. The molecule has 25 heavy (non-hydrogen) atoms. The number of nitrogens with two attached hydrogens (primary N) is 1. The molecule has 2 atom stereocenters. The first-order valence-corrected chi connectivity index (χ1v) is 8.96. The quantitative estimate of drug-likeness (QED) is 0.777. The normalized spacial score (nSPS) is 19.2. The summed E-state index contributed by atoms with van der Waals surface area (Å²) in [7, 11) is 0. The Morgan fingerprint density at radius 2 is 1.80 bits per heavy atom. The van der Waals surface area contributed by atoms with Gasteiger partial charge in [0.1, 0.15) is 0 Å². The SMILES string of the molecule is CCN(CC)C(=O)c1ccc(CNC(=O)[C@@H]2CCC[C@@H]2CN)cc1.Cl. The number of benzene rings is 1. The third kappa shape index (κ3) is 5.44. The molecule has 0 saturated heterocycles. The number of carbonyl (C=O) groups is 2. The van der Waals surface area contributed by atoms with Gasteiger partial charge in [0.2, 0.25) is 5.91 Å². The second kappa shape index (κ2) is 10.4. The minimum absolute atomic E-state index is 0. The fourth-order valence-electron chi connectivity index (χ4n) is 3.44. The van der Waals surface area contributed by atoms with Crippen molar-refractivity contribution >= 4 is 24.2 Å². The van der Waals surface area contributed by atoms with Gasteiger partial charge in [0, 0.05) is 31.1 Å². The van der Waals surface area contributed by atoms with Crippen molar-refractivity contribution in [2.75, 3.05) is 19.6 Å². The van der Waals surface area contributed by atoms with Crippen LogP contribution in [-0.2, 0) is 11.3 Å². The van der Waals surface area contributed by atoms with E-state index in [-0.39, 0.29) is 30.1 Å². The maximum atomic E-state index is 12.3. The van der Waals surface area contributed by atoms with Gasteiger partial charge in [-0.3, -0.25) is 9.59 Å². The van der Waals surface area contributed by atoms with E-state index >= 15 is 0 Å². The minimum atomic E-state index is 0. The molecular formula is C19H30ClN3O2. The Bertz CT molecular complexity index is 558. The highest BCUT2D eigenvalue weighted by Gasteiger charge is 2.31. The van der Waals surface area contributed by atoms with Crippen LogP contribution in [0.4, 0.5) is 0 Å². The van der Waals surface area contributed by atoms with E-state index in [1.54, 1.807) is 4.90 Å². The Labute approximate surface area is 156 Å². The summed E-state index contributed by atoms with van der Waals surface area (Å²) in [6, 6.07) is 7.49. The molecule has 3 N–H and O–H groups in total. The molecule has 0 aliphatic heterocycles. The molecule has 1 aliphatic rings. The van der Waals surface area contributed by atoms with Gasteiger partial charge in [-0.2, -0.15) is 0 Å². The number of nitrogens with zero attached hydrogens (tertiary/aromatic N) is 1. The molecule has 0 unspecified atom stereocenters. The second-order valence-corrected chi connectivity index (χ2v) is 6.43. The van der Waals surface area contributed by atoms with Crippen molar-refractivity contribution in [1.29, 1.82) is 0 Å². The lowest BCUT2D eigenvalue weighted by molar-refractivity contribution is -0.126. The Morgan fingerprint density at radius 3 is 2.36 bits per heavy atom. The van der Waals surface area contributed by atoms with Crippen LogP contribution in [0.5, 0.6) is 0 Å². The summed E-state index contributed by atoms with van der Waals surface area (Å²) in [5.41, 5.74) is 7.43. The maximum absolute atomic E-state index is 12.3. The van der Waals surface area contributed by atoms with Crippen molar-refractivity contribution in [2.45, 2.75) is 39.7 Å². The maximum Gasteiger partial charge on any atom is 0.253 e. The molecule has 140 valence electrons. The Kier molecular flexibility index (Phi) is 8.93. The van der Waals surface area contributed by atoms with Crippen LogP contribution < -0.4 is 11.1 Å². The van der Waals surface area contributed by atoms with Crippen molar-refractivity contribution in [3.63, 3.8) is 0 Å². The van der Waals surface area contributed by atoms with Gasteiger partial charge in [0.05, 0.1) is 0 Å². The fourth-order valence-corrected chi connectivity index (χ4v) is 3.44. The zero-order valence-electron chi connectivity index (χ0n) is 15.2. The number of carbonyl (C=O) groups excluding carboxylic acids is 2. The van der Waals surface area contributed by atoms with E-state index in [0.717, 1.165) is 24.8 Å². The molecule has 6 heteroatoms. The lowest BCUT2D eigenvalue weighted by Gasteiger charge is -2.19. The summed E-state index contributed by atoms with van der Waals surface area (Å²) < 4.78 is 0. The summed E-state index contributed by atoms with van der Waals surface area (Å²) in [6.45, 7) is 6.44. The van der Waals surface area contributed by atoms with Gasteiger partial charge < -0.3 is 16.0 Å². The topological polar surface area (TPSA) is 75.4 Å². The zero-order valence-corrected chi connectivity index (χ0v) is 16.0. The van der Waals surface area contributed by atoms with E-state index in [4.69, 9.17) is 5.73 Å². The first-order chi connectivity index (χ1) is 11.6. The summed E-state index contributed by atoms with van der Waals surface area (Å²) in [6.07, 6.45) is 3.07. The van der Waals surface area contributed by atoms with Gasteiger partial charge in [0.15, 0.2) is 0 Å². The lowest BCUT2D eigenvalue weighted by atomic mass is 9.95. The van der Waals surface area contributed by atoms with Crippen LogP contribution in [0.3, 0.4) is 0 Å². The Morgan fingerprint density at radius 1 is 1.16 bits per heavy atom. The number of halogens is 1. The average Bonchev–Trinajstić information content (AvgIpc) is 3.10. The highest BCUT2D eigenvalue weighted by Crippen LogP contribution is 2.30. The molecule has 2 amide bonds. The van der Waals surface area contributed by atoms with Gasteiger partial charge in [-0.15, -0.1) is 12.4 Å². The van der Waals surface area contributed by atoms with Crippen molar-refractivity contribution in [2.24, 2.45) is 17.6 Å². The number of rotatable bonds is 7. The first-order valence-electron chi connectivity index (χ1n) is 8.96. The first kappa shape index (κ1) is 21.5. The summed E-state index contributed by atoms with van der Waals surface area (Å²) in [5, 5.41) is 3.01. The molecule has 0 bridgehead atoms. The summed E-state index contributed by atoms with van der Waals surface area (Å²) in [5.74, 6) is 0.524. The van der Waals surface area contributed by atoms with Crippen molar-refractivity contribution in [3.8, 4) is 0 Å². The van der Waals surface area contributed by atoms with Crippen LogP contribution in [0.25, 0.3) is 0 Å². The van der Waals surface area contributed by atoms with Crippen LogP contribution in [-0.4, -0.2) is 36.3 Å². The minimum Gasteiger partial charge on any atom is -0.352 e. The van der Waals surface area contributed by atoms with Gasteiger partial charge in [-0.05, 0) is 56.8 Å². The van der Waals surface area contributed by atoms with Crippen molar-refractivity contribution in [1.82, 2.24) is 10.2 Å². The third-order valence-electron chi connectivity index (χ3n) is 5.02. The van der Waals surface area contributed by atoms with Crippen LogP contribution >= 0.6 is 12.4 Å². The van der Waals surface area contributed by atoms with Gasteiger partial charge >= 0.3 is 0 Å². The van der Waals surface area contributed by atoms with E-state index < -0.39 is 0 Å².